The number of rotatable bonds is 12. The number of hydrogen-bond donors (Lipinski definition) is 1. The van der Waals surface area contributed by atoms with Crippen molar-refractivity contribution in [1.82, 2.24) is 0 Å². The summed E-state index contributed by atoms with van der Waals surface area (Å²) in [6, 6.07) is 0. The highest BCUT2D eigenvalue weighted by molar-refractivity contribution is 5.65. The Morgan fingerprint density at radius 2 is 1.90 bits per heavy atom. The predicted molar refractivity (Wildman–Crippen MR) is 80.0 cm³/mol. The monoisotopic (exact) mass is 285 g/mol. The van der Waals surface area contributed by atoms with Gasteiger partial charge in [0.15, 0.2) is 0 Å². The van der Waals surface area contributed by atoms with E-state index >= 15 is 0 Å². The lowest BCUT2D eigenvalue weighted by Crippen LogP contribution is -2.58. The van der Waals surface area contributed by atoms with Crippen LogP contribution >= 0.6 is 0 Å². The average Bonchev–Trinajstić information content (AvgIpc) is 2.34. The van der Waals surface area contributed by atoms with Gasteiger partial charge in [0.1, 0.15) is 19.2 Å². The molecule has 0 aromatic carbocycles. The van der Waals surface area contributed by atoms with Gasteiger partial charge in [-0.1, -0.05) is 26.0 Å². The molecule has 4 heteroatoms. The third-order valence-corrected chi connectivity index (χ3v) is 3.60. The summed E-state index contributed by atoms with van der Waals surface area (Å²) < 4.78 is 0.445. The molecule has 0 spiro atoms. The second-order valence-electron chi connectivity index (χ2n) is 5.66. The topological polar surface area (TPSA) is 60.4 Å². The third kappa shape index (κ3) is 8.33. The van der Waals surface area contributed by atoms with E-state index in [1.54, 1.807) is 0 Å². The molecule has 0 aliphatic heterocycles. The molecule has 0 fully saturated rings. The summed E-state index contributed by atoms with van der Waals surface area (Å²) in [5.74, 6) is -1.02. The Kier molecular flexibility index (Phi) is 10.4. The zero-order valence-corrected chi connectivity index (χ0v) is 13.3. The van der Waals surface area contributed by atoms with Gasteiger partial charge in [-0.2, -0.15) is 0 Å². The molecule has 0 saturated heterocycles. The van der Waals surface area contributed by atoms with E-state index in [1.807, 2.05) is 13.0 Å². The number of carboxylic acids is 1. The van der Waals surface area contributed by atoms with Crippen molar-refractivity contribution in [1.29, 1.82) is 0 Å². The van der Waals surface area contributed by atoms with E-state index in [9.17, 15) is 15.0 Å². The van der Waals surface area contributed by atoms with Gasteiger partial charge in [0.05, 0.1) is 19.1 Å². The number of carbonyl (C=O) groups excluding carboxylic acids is 1. The largest absolute Gasteiger partial charge is 0.544 e. The number of carbonyl (C=O) groups is 1. The zero-order chi connectivity index (χ0) is 15.4. The second-order valence-corrected chi connectivity index (χ2v) is 5.66. The lowest BCUT2D eigenvalue weighted by atomic mass is 10.1. The molecule has 20 heavy (non-hydrogen) atoms. The molecule has 0 bridgehead atoms. The van der Waals surface area contributed by atoms with Gasteiger partial charge in [-0.25, -0.2) is 0 Å². The quantitative estimate of drug-likeness (QED) is 0.336. The number of aliphatic hydroxyl groups excluding tert-OH is 1. The predicted octanol–water partition coefficient (Wildman–Crippen LogP) is 1.48. The van der Waals surface area contributed by atoms with Crippen LogP contribution in [0, 0.1) is 0 Å². The van der Waals surface area contributed by atoms with Crippen molar-refractivity contribution in [3.05, 3.63) is 12.2 Å². The number of quaternary nitrogens is 1. The van der Waals surface area contributed by atoms with Crippen LogP contribution in [0.5, 0.6) is 0 Å². The number of aliphatic carboxylic acids is 1. The molecule has 1 N–H and O–H groups in total. The highest BCUT2D eigenvalue weighted by Gasteiger charge is 2.28. The molecule has 0 amide bonds. The van der Waals surface area contributed by atoms with E-state index in [2.05, 4.69) is 19.9 Å². The Morgan fingerprint density at radius 1 is 1.30 bits per heavy atom. The summed E-state index contributed by atoms with van der Waals surface area (Å²) >= 11 is 0. The smallest absolute Gasteiger partial charge is 0.119 e. The van der Waals surface area contributed by atoms with Crippen LogP contribution in [0.4, 0.5) is 0 Å². The molecule has 118 valence electrons. The number of allylic oxidation sites excluding steroid dienone is 2. The molecule has 0 aliphatic carbocycles. The van der Waals surface area contributed by atoms with Crippen molar-refractivity contribution < 1.29 is 19.5 Å². The van der Waals surface area contributed by atoms with Gasteiger partial charge in [0.25, 0.3) is 0 Å². The number of aliphatic hydroxyl groups is 1. The molecule has 0 aromatic heterocycles. The van der Waals surface area contributed by atoms with E-state index in [1.165, 1.54) is 0 Å². The van der Waals surface area contributed by atoms with Crippen LogP contribution < -0.4 is 5.11 Å². The Labute approximate surface area is 123 Å². The second kappa shape index (κ2) is 10.9. The summed E-state index contributed by atoms with van der Waals surface area (Å²) in [5, 5.41) is 21.2. The average molecular weight is 285 g/mol. The van der Waals surface area contributed by atoms with Gasteiger partial charge < -0.3 is 19.5 Å². The first kappa shape index (κ1) is 19.1. The summed E-state index contributed by atoms with van der Waals surface area (Å²) in [4.78, 5) is 11.0. The molecule has 0 aromatic rings. The van der Waals surface area contributed by atoms with E-state index in [-0.39, 0.29) is 6.54 Å². The Bertz CT molecular complexity index is 283. The molecule has 0 saturated carbocycles. The SMILES string of the molecule is C/C=C/CCCC(O)C[N+](CCC)(CCC)CC(=O)[O-]. The molecule has 1 unspecified atom stereocenters. The van der Waals surface area contributed by atoms with E-state index in [0.717, 1.165) is 45.2 Å². The fourth-order valence-corrected chi connectivity index (χ4v) is 2.92. The first-order valence-electron chi connectivity index (χ1n) is 7.83. The molecule has 0 rings (SSSR count). The summed E-state index contributed by atoms with van der Waals surface area (Å²) in [6.45, 7) is 8.19. The highest BCUT2D eigenvalue weighted by atomic mass is 16.4. The number of hydrogen-bond acceptors (Lipinski definition) is 3. The van der Waals surface area contributed by atoms with Gasteiger partial charge in [-0.3, -0.25) is 0 Å². The number of carboxylic acid groups (broad SMARTS) is 1. The maximum Gasteiger partial charge on any atom is 0.119 e. The number of unbranched alkanes of at least 4 members (excludes halogenated alkanes) is 1. The van der Waals surface area contributed by atoms with Crippen molar-refractivity contribution >= 4 is 5.97 Å². The summed E-state index contributed by atoms with van der Waals surface area (Å²) in [6.07, 6.45) is 8.13. The fourth-order valence-electron chi connectivity index (χ4n) is 2.92. The Balaban J connectivity index is 4.54. The van der Waals surface area contributed by atoms with Crippen molar-refractivity contribution in [2.75, 3.05) is 26.2 Å². The maximum atomic E-state index is 11.0. The van der Waals surface area contributed by atoms with Crippen LogP contribution in [0.3, 0.4) is 0 Å². The van der Waals surface area contributed by atoms with Crippen LogP contribution in [0.1, 0.15) is 52.9 Å². The van der Waals surface area contributed by atoms with Crippen molar-refractivity contribution in [2.45, 2.75) is 59.0 Å². The highest BCUT2D eigenvalue weighted by Crippen LogP contribution is 2.14. The molecule has 0 radical (unpaired) electrons. The van der Waals surface area contributed by atoms with E-state index < -0.39 is 12.1 Å². The fraction of sp³-hybridized carbons (Fsp3) is 0.812. The Morgan fingerprint density at radius 3 is 2.35 bits per heavy atom. The number of nitrogens with zero attached hydrogens (tertiary/aromatic N) is 1. The Hall–Kier alpha value is -0.870. The minimum Gasteiger partial charge on any atom is -0.544 e. The first-order chi connectivity index (χ1) is 9.49. The van der Waals surface area contributed by atoms with E-state index in [4.69, 9.17) is 0 Å². The zero-order valence-electron chi connectivity index (χ0n) is 13.3. The molecular formula is C16H31NO3. The minimum absolute atomic E-state index is 0.00754. The van der Waals surface area contributed by atoms with Crippen LogP contribution in [0.2, 0.25) is 0 Å². The molecular weight excluding hydrogens is 254 g/mol. The molecule has 4 nitrogen and oxygen atoms in total. The molecule has 0 aliphatic rings. The van der Waals surface area contributed by atoms with E-state index in [0.29, 0.717) is 11.0 Å². The molecule has 1 atom stereocenters. The van der Waals surface area contributed by atoms with Crippen molar-refractivity contribution in [3.63, 3.8) is 0 Å². The van der Waals surface area contributed by atoms with Crippen LogP contribution in [0.15, 0.2) is 12.2 Å². The first-order valence-corrected chi connectivity index (χ1v) is 7.83. The molecule has 0 heterocycles. The maximum absolute atomic E-state index is 11.0. The van der Waals surface area contributed by atoms with Crippen LogP contribution in [-0.4, -0.2) is 47.8 Å². The third-order valence-electron chi connectivity index (χ3n) is 3.60. The summed E-state index contributed by atoms with van der Waals surface area (Å²) in [5.41, 5.74) is 0. The lowest BCUT2D eigenvalue weighted by molar-refractivity contribution is -0.925. The van der Waals surface area contributed by atoms with Gasteiger partial charge in [0, 0.05) is 0 Å². The lowest BCUT2D eigenvalue weighted by Gasteiger charge is -2.40. The van der Waals surface area contributed by atoms with Crippen LogP contribution in [0.25, 0.3) is 0 Å². The van der Waals surface area contributed by atoms with Gasteiger partial charge in [0.2, 0.25) is 0 Å². The van der Waals surface area contributed by atoms with Gasteiger partial charge in [-0.05, 0) is 39.0 Å². The normalized spacial score (nSPS) is 13.8. The van der Waals surface area contributed by atoms with Crippen molar-refractivity contribution in [3.8, 4) is 0 Å². The summed E-state index contributed by atoms with van der Waals surface area (Å²) in [7, 11) is 0. The minimum atomic E-state index is -1.02. The van der Waals surface area contributed by atoms with Crippen molar-refractivity contribution in [2.24, 2.45) is 0 Å². The van der Waals surface area contributed by atoms with Gasteiger partial charge in [-0.15, -0.1) is 0 Å². The van der Waals surface area contributed by atoms with Crippen LogP contribution in [-0.2, 0) is 4.79 Å². The van der Waals surface area contributed by atoms with Gasteiger partial charge >= 0.3 is 0 Å². The standard InChI is InChI=1S/C16H31NO3/c1-4-7-8-9-10-15(18)13-17(11-5-2,12-6-3)14-16(19)20/h4,7,15,18H,5-6,8-14H2,1-3H3/b7-4+.